The van der Waals surface area contributed by atoms with Crippen LogP contribution in [0.25, 0.3) is 0 Å². The van der Waals surface area contributed by atoms with Gasteiger partial charge < -0.3 is 32.9 Å². The standard InChI is InChI=1S/4ClH.2Ni.6H2O/h4*1H;;;6*1H2/q;;;;2*+2;;;;;;/p-4. The van der Waals surface area contributed by atoms with Crippen molar-refractivity contribution < 1.29 is 58.2 Å². The first-order valence-electron chi connectivity index (χ1n) is 0.478. The summed E-state index contributed by atoms with van der Waals surface area (Å²) in [6.45, 7) is 0. The summed E-state index contributed by atoms with van der Waals surface area (Å²) < 4.78 is 0. The molecule has 0 aliphatic rings. The number of rotatable bonds is 0. The Hall–Kier alpha value is 1.91. The zero-order valence-corrected chi connectivity index (χ0v) is 10.1. The van der Waals surface area contributed by atoms with E-state index in [0.29, 0.717) is 25.3 Å². The molecule has 0 amide bonds. The Morgan fingerprint density at radius 2 is 0.417 bits per heavy atom. The zero-order chi connectivity index (χ0) is 5.41. The van der Waals surface area contributed by atoms with Crippen LogP contribution in [-0.4, -0.2) is 32.9 Å². The van der Waals surface area contributed by atoms with Crippen molar-refractivity contribution in [1.29, 1.82) is 0 Å². The van der Waals surface area contributed by atoms with Gasteiger partial charge in [0.25, 0.3) is 0 Å². The van der Waals surface area contributed by atoms with Gasteiger partial charge in [0.1, 0.15) is 0 Å². The van der Waals surface area contributed by atoms with Gasteiger partial charge >= 0.3 is 66.1 Å². The van der Waals surface area contributed by atoms with Crippen LogP contribution in [0.4, 0.5) is 0 Å². The Morgan fingerprint density at radius 1 is 0.417 bits per heavy atom. The molecule has 12 N–H and O–H groups in total. The van der Waals surface area contributed by atoms with Gasteiger partial charge in [-0.05, 0) is 0 Å². The van der Waals surface area contributed by atoms with Crippen LogP contribution >= 0.6 is 40.8 Å². The van der Waals surface area contributed by atoms with E-state index < -0.39 is 0 Å². The minimum absolute atomic E-state index is 0. The summed E-state index contributed by atoms with van der Waals surface area (Å²) in [5, 5.41) is 0. The van der Waals surface area contributed by atoms with Gasteiger partial charge in [0.2, 0.25) is 0 Å². The van der Waals surface area contributed by atoms with Crippen molar-refractivity contribution in [3.05, 3.63) is 0 Å². The molecule has 0 rings (SSSR count). The third kappa shape index (κ3) is 389. The molecular weight excluding hydrogens is 355 g/mol. The van der Waals surface area contributed by atoms with E-state index in [4.69, 9.17) is 40.8 Å². The first-order valence-corrected chi connectivity index (χ1v) is 5.91. The number of halogens is 4. The van der Waals surface area contributed by atoms with E-state index in [1.54, 1.807) is 0 Å². The van der Waals surface area contributed by atoms with Crippen molar-refractivity contribution in [2.24, 2.45) is 0 Å². The van der Waals surface area contributed by atoms with Crippen LogP contribution in [-0.2, 0) is 25.3 Å². The van der Waals surface area contributed by atoms with Crippen molar-refractivity contribution in [2.45, 2.75) is 0 Å². The van der Waals surface area contributed by atoms with Crippen LogP contribution in [0, 0.1) is 0 Å². The van der Waals surface area contributed by atoms with E-state index >= 15 is 0 Å². The Bertz CT molecular complexity index is 19.5. The van der Waals surface area contributed by atoms with E-state index in [-0.39, 0.29) is 32.9 Å². The van der Waals surface area contributed by atoms with Crippen molar-refractivity contribution in [3.8, 4) is 0 Å². The fourth-order valence-corrected chi connectivity index (χ4v) is 0. The molecule has 0 aliphatic carbocycles. The summed E-state index contributed by atoms with van der Waals surface area (Å²) in [4.78, 5) is 0. The van der Waals surface area contributed by atoms with E-state index in [1.807, 2.05) is 0 Å². The molecule has 0 atom stereocenters. The maximum absolute atomic E-state index is 4.70. The molecule has 0 radical (unpaired) electrons. The monoisotopic (exact) mass is 364 g/mol. The van der Waals surface area contributed by atoms with Crippen molar-refractivity contribution in [3.63, 3.8) is 0 Å². The summed E-state index contributed by atoms with van der Waals surface area (Å²) in [7, 11) is 18.8. The second-order valence-corrected chi connectivity index (χ2v) is 3.35. The van der Waals surface area contributed by atoms with Crippen LogP contribution < -0.4 is 0 Å². The average Bonchev–Trinajstić information content (AvgIpc) is 1.39. The molecule has 0 heterocycles. The molecule has 0 fully saturated rings. The van der Waals surface area contributed by atoms with Gasteiger partial charge in [0.15, 0.2) is 0 Å². The van der Waals surface area contributed by atoms with E-state index in [9.17, 15) is 0 Å². The van der Waals surface area contributed by atoms with Gasteiger partial charge in [-0.3, -0.25) is 0 Å². The molecule has 0 saturated carbocycles. The maximum atomic E-state index is 4.70. The van der Waals surface area contributed by atoms with Crippen LogP contribution in [0.3, 0.4) is 0 Å². The average molecular weight is 367 g/mol. The van der Waals surface area contributed by atoms with Crippen LogP contribution in [0.1, 0.15) is 0 Å². The molecular formula is H12Cl4Ni2O6. The molecule has 96 valence electrons. The Morgan fingerprint density at radius 3 is 0.417 bits per heavy atom. The van der Waals surface area contributed by atoms with Crippen molar-refractivity contribution in [2.75, 3.05) is 0 Å². The quantitative estimate of drug-likeness (QED) is 0.421. The molecule has 0 aliphatic heterocycles. The van der Waals surface area contributed by atoms with E-state index in [2.05, 4.69) is 0 Å². The van der Waals surface area contributed by atoms with E-state index in [0.717, 1.165) is 0 Å². The molecule has 0 saturated heterocycles. The van der Waals surface area contributed by atoms with Crippen LogP contribution in [0.5, 0.6) is 0 Å². The summed E-state index contributed by atoms with van der Waals surface area (Å²) in [6.07, 6.45) is 0. The van der Waals surface area contributed by atoms with Gasteiger partial charge in [-0.15, -0.1) is 0 Å². The second-order valence-electron chi connectivity index (χ2n) is 0.0904. The van der Waals surface area contributed by atoms with Gasteiger partial charge in [-0.25, -0.2) is 0 Å². The molecule has 0 aromatic carbocycles. The fourth-order valence-electron chi connectivity index (χ4n) is 0. The van der Waals surface area contributed by atoms with Gasteiger partial charge in [-0.1, -0.05) is 0 Å². The molecule has 12 heteroatoms. The van der Waals surface area contributed by atoms with Crippen LogP contribution in [0.2, 0.25) is 0 Å². The molecule has 0 unspecified atom stereocenters. The molecule has 0 bridgehead atoms. The number of hydrogen-bond acceptors (Lipinski definition) is 0. The van der Waals surface area contributed by atoms with Crippen LogP contribution in [0.15, 0.2) is 0 Å². The first kappa shape index (κ1) is 66.4. The normalized spacial score (nSPS) is 3.67. The molecule has 6 nitrogen and oxygen atoms in total. The molecule has 12 heavy (non-hydrogen) atoms. The Labute approximate surface area is 98.4 Å². The second kappa shape index (κ2) is 120. The van der Waals surface area contributed by atoms with Crippen molar-refractivity contribution >= 4 is 40.8 Å². The van der Waals surface area contributed by atoms with Gasteiger partial charge in [0.05, 0.1) is 0 Å². The summed E-state index contributed by atoms with van der Waals surface area (Å²) in [5.74, 6) is 0. The van der Waals surface area contributed by atoms with Crippen molar-refractivity contribution in [1.82, 2.24) is 0 Å². The molecule has 0 spiro atoms. The zero-order valence-electron chi connectivity index (χ0n) is 5.14. The molecule has 0 aromatic rings. The SMILES string of the molecule is O.O.O.O.O.O.[Cl][Ni][Cl].[Cl][Ni][Cl]. The summed E-state index contributed by atoms with van der Waals surface area (Å²) in [6, 6.07) is 0. The minimum atomic E-state index is 0. The summed E-state index contributed by atoms with van der Waals surface area (Å²) >= 11 is 1.14. The predicted octanol–water partition coefficient (Wildman–Crippen LogP) is -2.20. The number of hydrogen-bond donors (Lipinski definition) is 0. The van der Waals surface area contributed by atoms with Gasteiger partial charge in [0, 0.05) is 0 Å². The topological polar surface area (TPSA) is 189 Å². The Balaban J connectivity index is -0.00000000296. The van der Waals surface area contributed by atoms with E-state index in [1.165, 1.54) is 0 Å². The third-order valence-electron chi connectivity index (χ3n) is 0. The fraction of sp³-hybridized carbons (Fsp3) is 0. The Kier molecular flexibility index (Phi) is 663. The third-order valence-corrected chi connectivity index (χ3v) is 0. The molecule has 0 aromatic heterocycles. The van der Waals surface area contributed by atoms with Gasteiger partial charge in [-0.2, -0.15) is 0 Å². The first-order chi connectivity index (χ1) is 2.83. The summed E-state index contributed by atoms with van der Waals surface area (Å²) in [5.41, 5.74) is 0. The predicted molar refractivity (Wildman–Crippen MR) is 45.1 cm³/mol.